The van der Waals surface area contributed by atoms with Gasteiger partial charge in [-0.05, 0) is 18.2 Å². The number of fused-ring (bicyclic) bond motifs is 1. The quantitative estimate of drug-likeness (QED) is 0.932. The summed E-state index contributed by atoms with van der Waals surface area (Å²) in [5, 5.41) is 0. The minimum atomic E-state index is -0.545. The molecule has 1 aliphatic rings. The summed E-state index contributed by atoms with van der Waals surface area (Å²) in [7, 11) is 0. The van der Waals surface area contributed by atoms with Crippen molar-refractivity contribution in [2.24, 2.45) is 5.73 Å². The number of hydrogen-bond donors (Lipinski definition) is 1. The molecule has 20 heavy (non-hydrogen) atoms. The highest BCUT2D eigenvalue weighted by atomic mass is 19.1. The predicted octanol–water partition coefficient (Wildman–Crippen LogP) is 2.63. The lowest BCUT2D eigenvalue weighted by molar-refractivity contribution is 0.173. The van der Waals surface area contributed by atoms with E-state index in [1.54, 1.807) is 36.4 Å². The molecule has 4 nitrogen and oxygen atoms in total. The second kappa shape index (κ2) is 5.38. The van der Waals surface area contributed by atoms with E-state index >= 15 is 0 Å². The molecular formula is C15H14FNO3. The number of benzene rings is 2. The van der Waals surface area contributed by atoms with E-state index in [4.69, 9.17) is 19.9 Å². The molecule has 0 bridgehead atoms. The standard InChI is InChI=1S/C15H14FNO3/c16-12-4-2-1-3-11(12)15(8-17)20-10-5-6-13-14(7-10)19-9-18-13/h1-7,15H,8-9,17H2. The maximum atomic E-state index is 13.8. The zero-order chi connectivity index (χ0) is 13.9. The van der Waals surface area contributed by atoms with Crippen molar-refractivity contribution in [3.05, 3.63) is 53.8 Å². The number of halogens is 1. The van der Waals surface area contributed by atoms with Gasteiger partial charge in [-0.3, -0.25) is 0 Å². The third-order valence-electron chi connectivity index (χ3n) is 3.09. The molecule has 104 valence electrons. The lowest BCUT2D eigenvalue weighted by atomic mass is 10.1. The first-order valence-electron chi connectivity index (χ1n) is 6.28. The Morgan fingerprint density at radius 1 is 1.15 bits per heavy atom. The fourth-order valence-corrected chi connectivity index (χ4v) is 2.09. The van der Waals surface area contributed by atoms with Gasteiger partial charge in [0, 0.05) is 18.2 Å². The molecule has 3 rings (SSSR count). The van der Waals surface area contributed by atoms with Gasteiger partial charge >= 0.3 is 0 Å². The van der Waals surface area contributed by atoms with E-state index in [9.17, 15) is 4.39 Å². The monoisotopic (exact) mass is 275 g/mol. The summed E-state index contributed by atoms with van der Waals surface area (Å²) >= 11 is 0. The van der Waals surface area contributed by atoms with Crippen LogP contribution in [-0.2, 0) is 0 Å². The van der Waals surface area contributed by atoms with E-state index in [2.05, 4.69) is 0 Å². The van der Waals surface area contributed by atoms with E-state index < -0.39 is 6.10 Å². The molecular weight excluding hydrogens is 261 g/mol. The third kappa shape index (κ3) is 2.40. The van der Waals surface area contributed by atoms with E-state index in [0.717, 1.165) is 0 Å². The smallest absolute Gasteiger partial charge is 0.231 e. The maximum Gasteiger partial charge on any atom is 0.231 e. The van der Waals surface area contributed by atoms with Crippen LogP contribution in [0.5, 0.6) is 17.2 Å². The lowest BCUT2D eigenvalue weighted by Crippen LogP contribution is -2.19. The van der Waals surface area contributed by atoms with Gasteiger partial charge in [0.15, 0.2) is 11.5 Å². The highest BCUT2D eigenvalue weighted by Crippen LogP contribution is 2.36. The number of rotatable bonds is 4. The molecule has 0 aliphatic carbocycles. The topological polar surface area (TPSA) is 53.7 Å². The maximum absolute atomic E-state index is 13.8. The Labute approximate surface area is 115 Å². The Balaban J connectivity index is 1.83. The summed E-state index contributed by atoms with van der Waals surface area (Å²) in [5.74, 6) is 1.52. The number of hydrogen-bond acceptors (Lipinski definition) is 4. The fraction of sp³-hybridized carbons (Fsp3) is 0.200. The summed E-state index contributed by atoms with van der Waals surface area (Å²) in [5.41, 5.74) is 6.12. The SMILES string of the molecule is NCC(Oc1ccc2c(c1)OCO2)c1ccccc1F. The zero-order valence-electron chi connectivity index (χ0n) is 10.7. The molecule has 1 atom stereocenters. The van der Waals surface area contributed by atoms with Gasteiger partial charge in [0.05, 0.1) is 0 Å². The molecule has 0 fully saturated rings. The first kappa shape index (κ1) is 12.7. The van der Waals surface area contributed by atoms with Crippen LogP contribution in [0.3, 0.4) is 0 Å². The highest BCUT2D eigenvalue weighted by Gasteiger charge is 2.18. The van der Waals surface area contributed by atoms with E-state index in [1.165, 1.54) is 6.07 Å². The molecule has 1 heterocycles. The molecule has 0 spiro atoms. The van der Waals surface area contributed by atoms with Crippen molar-refractivity contribution in [2.75, 3.05) is 13.3 Å². The minimum absolute atomic E-state index is 0.176. The fourth-order valence-electron chi connectivity index (χ4n) is 2.09. The summed E-state index contributed by atoms with van der Waals surface area (Å²) in [4.78, 5) is 0. The number of nitrogens with two attached hydrogens (primary N) is 1. The van der Waals surface area contributed by atoms with Crippen molar-refractivity contribution in [3.63, 3.8) is 0 Å². The van der Waals surface area contributed by atoms with Gasteiger partial charge in [0.25, 0.3) is 0 Å². The minimum Gasteiger partial charge on any atom is -0.484 e. The molecule has 2 aromatic rings. The van der Waals surface area contributed by atoms with Crippen molar-refractivity contribution in [1.82, 2.24) is 0 Å². The summed E-state index contributed by atoms with van der Waals surface area (Å²) in [6.07, 6.45) is -0.545. The largest absolute Gasteiger partial charge is 0.484 e. The van der Waals surface area contributed by atoms with Gasteiger partial charge in [-0.2, -0.15) is 0 Å². The first-order valence-corrected chi connectivity index (χ1v) is 6.28. The second-order valence-electron chi connectivity index (χ2n) is 4.38. The van der Waals surface area contributed by atoms with E-state index in [0.29, 0.717) is 22.8 Å². The normalized spacial score (nSPS) is 14.1. The van der Waals surface area contributed by atoms with Crippen molar-refractivity contribution < 1.29 is 18.6 Å². The van der Waals surface area contributed by atoms with Gasteiger partial charge in [0.2, 0.25) is 6.79 Å². The summed E-state index contributed by atoms with van der Waals surface area (Å²) < 4.78 is 30.0. The van der Waals surface area contributed by atoms with Gasteiger partial charge in [-0.25, -0.2) is 4.39 Å². The Morgan fingerprint density at radius 3 is 2.75 bits per heavy atom. The Bertz CT molecular complexity index is 618. The summed E-state index contributed by atoms with van der Waals surface area (Å²) in [6.45, 7) is 0.377. The lowest BCUT2D eigenvalue weighted by Gasteiger charge is -2.18. The highest BCUT2D eigenvalue weighted by molar-refractivity contribution is 5.47. The van der Waals surface area contributed by atoms with Gasteiger partial charge in [-0.15, -0.1) is 0 Å². The van der Waals surface area contributed by atoms with Crippen LogP contribution >= 0.6 is 0 Å². The number of ether oxygens (including phenoxy) is 3. The molecule has 5 heteroatoms. The molecule has 2 N–H and O–H groups in total. The second-order valence-corrected chi connectivity index (χ2v) is 4.38. The van der Waals surface area contributed by atoms with Crippen LogP contribution in [-0.4, -0.2) is 13.3 Å². The average molecular weight is 275 g/mol. The average Bonchev–Trinajstić information content (AvgIpc) is 2.93. The van der Waals surface area contributed by atoms with Crippen molar-refractivity contribution in [2.45, 2.75) is 6.10 Å². The van der Waals surface area contributed by atoms with E-state index in [1.807, 2.05) is 0 Å². The van der Waals surface area contributed by atoms with Gasteiger partial charge in [0.1, 0.15) is 17.7 Å². The first-order chi connectivity index (χ1) is 9.78. The molecule has 0 saturated heterocycles. The molecule has 2 aromatic carbocycles. The van der Waals surface area contributed by atoms with Crippen molar-refractivity contribution in [3.8, 4) is 17.2 Å². The molecule has 0 saturated carbocycles. The zero-order valence-corrected chi connectivity index (χ0v) is 10.7. The predicted molar refractivity (Wildman–Crippen MR) is 71.4 cm³/mol. The molecule has 0 radical (unpaired) electrons. The Hall–Kier alpha value is -2.27. The van der Waals surface area contributed by atoms with Crippen LogP contribution in [0.25, 0.3) is 0 Å². The van der Waals surface area contributed by atoms with Crippen molar-refractivity contribution in [1.29, 1.82) is 0 Å². The van der Waals surface area contributed by atoms with Crippen LogP contribution in [0.4, 0.5) is 4.39 Å². The Morgan fingerprint density at radius 2 is 1.95 bits per heavy atom. The van der Waals surface area contributed by atoms with Gasteiger partial charge < -0.3 is 19.9 Å². The summed E-state index contributed by atoms with van der Waals surface area (Å²) in [6, 6.07) is 11.7. The van der Waals surface area contributed by atoms with Crippen molar-refractivity contribution >= 4 is 0 Å². The Kier molecular flexibility index (Phi) is 3.43. The molecule has 0 amide bonds. The van der Waals surface area contributed by atoms with Crippen LogP contribution in [0, 0.1) is 5.82 Å². The third-order valence-corrected chi connectivity index (χ3v) is 3.09. The van der Waals surface area contributed by atoms with Crippen LogP contribution < -0.4 is 19.9 Å². The van der Waals surface area contributed by atoms with Gasteiger partial charge in [-0.1, -0.05) is 18.2 Å². The van der Waals surface area contributed by atoms with E-state index in [-0.39, 0.29) is 19.2 Å². The molecule has 1 unspecified atom stereocenters. The molecule has 0 aromatic heterocycles. The van der Waals surface area contributed by atoms with Crippen LogP contribution in [0.1, 0.15) is 11.7 Å². The van der Waals surface area contributed by atoms with Crippen LogP contribution in [0.2, 0.25) is 0 Å². The molecule has 1 aliphatic heterocycles. The van der Waals surface area contributed by atoms with Crippen LogP contribution in [0.15, 0.2) is 42.5 Å².